The number of thiocarbonyl (C=S) groups is 1. The van der Waals surface area contributed by atoms with Crippen molar-refractivity contribution in [1.82, 2.24) is 4.90 Å². The number of esters is 1. The normalized spacial score (nSPS) is 15.2. The average molecular weight is 469 g/mol. The van der Waals surface area contributed by atoms with Crippen LogP contribution in [-0.4, -0.2) is 38.4 Å². The smallest absolute Gasteiger partial charge is 0.343 e. The molecule has 1 saturated heterocycles. The highest BCUT2D eigenvalue weighted by Crippen LogP contribution is 2.34. The van der Waals surface area contributed by atoms with Gasteiger partial charge in [0, 0.05) is 23.9 Å². The van der Waals surface area contributed by atoms with Gasteiger partial charge in [0.15, 0.2) is 4.32 Å². The van der Waals surface area contributed by atoms with Crippen molar-refractivity contribution >= 4 is 57.7 Å². The Balaban J connectivity index is 1.96. The molecule has 0 atom stereocenters. The molecule has 1 aliphatic heterocycles. The lowest BCUT2D eigenvalue weighted by Gasteiger charge is -2.12. The Morgan fingerprint density at radius 3 is 2.56 bits per heavy atom. The molecule has 1 amide bonds. The number of nitrogens with zero attached hydrogens (tertiary/aromatic N) is 2. The monoisotopic (exact) mass is 468 g/mol. The first-order chi connectivity index (χ1) is 15.3. The summed E-state index contributed by atoms with van der Waals surface area (Å²) in [7, 11) is 0. The number of ether oxygens (including phenoxy) is 1. The molecule has 0 radical (unpaired) electrons. The third kappa shape index (κ3) is 5.16. The van der Waals surface area contributed by atoms with Crippen LogP contribution in [0.2, 0.25) is 0 Å². The van der Waals surface area contributed by atoms with E-state index in [9.17, 15) is 24.5 Å². The number of benzene rings is 2. The van der Waals surface area contributed by atoms with Crippen molar-refractivity contribution in [3.63, 3.8) is 0 Å². The summed E-state index contributed by atoms with van der Waals surface area (Å²) < 4.78 is 5.10. The molecule has 0 spiro atoms. The van der Waals surface area contributed by atoms with Crippen molar-refractivity contribution in [2.24, 2.45) is 0 Å². The third-order valence-electron chi connectivity index (χ3n) is 4.24. The molecule has 8 nitrogen and oxygen atoms in total. The number of rotatable bonds is 7. The zero-order valence-corrected chi connectivity index (χ0v) is 18.4. The molecule has 2 aromatic rings. The van der Waals surface area contributed by atoms with Gasteiger partial charge in [-0.2, -0.15) is 0 Å². The number of hydrogen-bond acceptors (Lipinski definition) is 8. The van der Waals surface area contributed by atoms with Crippen LogP contribution in [0.4, 0.5) is 5.69 Å². The Hall–Kier alpha value is -3.63. The van der Waals surface area contributed by atoms with E-state index in [4.69, 9.17) is 17.0 Å². The average Bonchev–Trinajstić information content (AvgIpc) is 3.04. The first-order valence-corrected chi connectivity index (χ1v) is 10.5. The second kappa shape index (κ2) is 10.1. The fraction of sp³-hybridized carbons (Fsp3) is 0.0909. The van der Waals surface area contributed by atoms with Gasteiger partial charge in [0.1, 0.15) is 5.57 Å². The fourth-order valence-corrected chi connectivity index (χ4v) is 3.97. The van der Waals surface area contributed by atoms with E-state index in [0.717, 1.165) is 22.9 Å². The highest BCUT2D eigenvalue weighted by molar-refractivity contribution is 8.26. The van der Waals surface area contributed by atoms with Gasteiger partial charge in [-0.05, 0) is 18.6 Å². The summed E-state index contributed by atoms with van der Waals surface area (Å²) in [5.74, 6) is -2.05. The second-order valence-electron chi connectivity index (χ2n) is 6.36. The van der Waals surface area contributed by atoms with Gasteiger partial charge in [-0.25, -0.2) is 4.79 Å². The number of hydrogen-bond donors (Lipinski definition) is 0. The topological polar surface area (TPSA) is 107 Å². The number of amides is 1. The number of Topliss-reactive ketones (excluding diaryl/α,β-unsaturated/α-hetero) is 1. The third-order valence-corrected chi connectivity index (χ3v) is 5.57. The van der Waals surface area contributed by atoms with Crippen LogP contribution in [-0.2, 0) is 14.3 Å². The number of thioether (sulfide) groups is 1. The van der Waals surface area contributed by atoms with Crippen LogP contribution in [0.3, 0.4) is 0 Å². The van der Waals surface area contributed by atoms with Crippen molar-refractivity contribution in [3.05, 3.63) is 92.5 Å². The Morgan fingerprint density at radius 1 is 1.19 bits per heavy atom. The minimum Gasteiger partial charge on any atom is -0.462 e. The molecule has 0 bridgehead atoms. The number of nitro benzene ring substituents is 1. The van der Waals surface area contributed by atoms with E-state index in [2.05, 4.69) is 0 Å². The van der Waals surface area contributed by atoms with E-state index in [-0.39, 0.29) is 32.7 Å². The molecule has 0 aromatic heterocycles. The van der Waals surface area contributed by atoms with Gasteiger partial charge >= 0.3 is 5.97 Å². The standard InChI is InChI=1S/C22H16N2O6S2/c1-2-30-21(27)17(19(25)15-8-4-3-5-9-15)13-23-20(26)18(32-22(23)31)12-14-7-6-10-16(11-14)24(28)29/h3-13H,2H2,1H3/b17-13?,18-12-. The van der Waals surface area contributed by atoms with E-state index < -0.39 is 22.6 Å². The van der Waals surface area contributed by atoms with Crippen molar-refractivity contribution < 1.29 is 24.0 Å². The van der Waals surface area contributed by atoms with Crippen LogP contribution in [0.25, 0.3) is 6.08 Å². The molecule has 0 aliphatic carbocycles. The minimum atomic E-state index is -0.877. The molecule has 2 aromatic carbocycles. The summed E-state index contributed by atoms with van der Waals surface area (Å²) in [6, 6.07) is 13.9. The number of non-ortho nitro benzene ring substituents is 1. The van der Waals surface area contributed by atoms with Gasteiger partial charge in [0.05, 0.1) is 16.4 Å². The van der Waals surface area contributed by atoms with Gasteiger partial charge in [0.2, 0.25) is 5.78 Å². The lowest BCUT2D eigenvalue weighted by atomic mass is 10.0. The molecule has 0 unspecified atom stereocenters. The molecular formula is C22H16N2O6S2. The molecule has 1 heterocycles. The van der Waals surface area contributed by atoms with Gasteiger partial charge in [-0.15, -0.1) is 0 Å². The maximum absolute atomic E-state index is 12.9. The van der Waals surface area contributed by atoms with Crippen LogP contribution in [0.1, 0.15) is 22.8 Å². The SMILES string of the molecule is CCOC(=O)C(=CN1C(=O)/C(=C/c2cccc([N+](=O)[O-])c2)SC1=S)C(=O)c1ccccc1. The van der Waals surface area contributed by atoms with Crippen molar-refractivity contribution in [1.29, 1.82) is 0 Å². The van der Waals surface area contributed by atoms with Crippen molar-refractivity contribution in [3.8, 4) is 0 Å². The molecule has 0 saturated carbocycles. The van der Waals surface area contributed by atoms with E-state index >= 15 is 0 Å². The quantitative estimate of drug-likeness (QED) is 0.0873. The van der Waals surface area contributed by atoms with Gasteiger partial charge < -0.3 is 4.74 Å². The summed E-state index contributed by atoms with van der Waals surface area (Å²) in [5.41, 5.74) is 0.233. The zero-order valence-electron chi connectivity index (χ0n) is 16.7. The zero-order chi connectivity index (χ0) is 23.3. The summed E-state index contributed by atoms with van der Waals surface area (Å²) in [6.07, 6.45) is 2.54. The van der Waals surface area contributed by atoms with Gasteiger partial charge in [-0.3, -0.25) is 24.6 Å². The number of nitro groups is 1. The van der Waals surface area contributed by atoms with Crippen LogP contribution in [0, 0.1) is 10.1 Å². The lowest BCUT2D eigenvalue weighted by Crippen LogP contribution is -2.26. The molecule has 0 N–H and O–H groups in total. The van der Waals surface area contributed by atoms with Gasteiger partial charge in [-0.1, -0.05) is 66.4 Å². The van der Waals surface area contributed by atoms with Crippen molar-refractivity contribution in [2.75, 3.05) is 6.61 Å². The summed E-state index contributed by atoms with van der Waals surface area (Å²) >= 11 is 6.22. The number of ketones is 1. The minimum absolute atomic E-state index is 0.0450. The summed E-state index contributed by atoms with van der Waals surface area (Å²) in [6.45, 7) is 1.65. The first-order valence-electron chi connectivity index (χ1n) is 9.32. The Bertz CT molecular complexity index is 1170. The maximum atomic E-state index is 12.9. The summed E-state index contributed by atoms with van der Waals surface area (Å²) in [4.78, 5) is 49.9. The van der Waals surface area contributed by atoms with Crippen molar-refractivity contribution in [2.45, 2.75) is 6.92 Å². The predicted octanol–water partition coefficient (Wildman–Crippen LogP) is 4.13. The fourth-order valence-electron chi connectivity index (χ4n) is 2.76. The summed E-state index contributed by atoms with van der Waals surface area (Å²) in [5, 5.41) is 11.0. The van der Waals surface area contributed by atoms with Crippen LogP contribution in [0.5, 0.6) is 0 Å². The van der Waals surface area contributed by atoms with E-state index in [1.807, 2.05) is 0 Å². The Labute approximate surface area is 192 Å². The highest BCUT2D eigenvalue weighted by atomic mass is 32.2. The molecule has 1 fully saturated rings. The van der Waals surface area contributed by atoms with Crippen LogP contribution >= 0.6 is 24.0 Å². The van der Waals surface area contributed by atoms with E-state index in [0.29, 0.717) is 5.56 Å². The molecule has 32 heavy (non-hydrogen) atoms. The number of carbonyl (C=O) groups is 3. The Morgan fingerprint density at radius 2 is 1.91 bits per heavy atom. The van der Waals surface area contributed by atoms with Crippen LogP contribution in [0.15, 0.2) is 71.3 Å². The Kier molecular flexibility index (Phi) is 7.29. The van der Waals surface area contributed by atoms with E-state index in [1.54, 1.807) is 43.3 Å². The molecule has 162 valence electrons. The van der Waals surface area contributed by atoms with E-state index in [1.165, 1.54) is 24.3 Å². The largest absolute Gasteiger partial charge is 0.462 e. The molecule has 10 heteroatoms. The second-order valence-corrected chi connectivity index (χ2v) is 8.04. The lowest BCUT2D eigenvalue weighted by molar-refractivity contribution is -0.384. The predicted molar refractivity (Wildman–Crippen MR) is 124 cm³/mol. The van der Waals surface area contributed by atoms with Crippen LogP contribution < -0.4 is 0 Å². The first kappa shape index (κ1) is 23.0. The maximum Gasteiger partial charge on any atom is 0.343 e. The van der Waals surface area contributed by atoms with Gasteiger partial charge in [0.25, 0.3) is 11.6 Å². The number of carbonyl (C=O) groups excluding carboxylic acids is 3. The molecular weight excluding hydrogens is 452 g/mol. The molecule has 1 aliphatic rings. The molecule has 3 rings (SSSR count). The highest BCUT2D eigenvalue weighted by Gasteiger charge is 2.33.